The average Bonchev–Trinajstić information content (AvgIpc) is 2.93. The van der Waals surface area contributed by atoms with Crippen molar-refractivity contribution in [3.05, 3.63) is 70.8 Å². The summed E-state index contributed by atoms with van der Waals surface area (Å²) in [6, 6.07) is 12.9. The quantitative estimate of drug-likeness (QED) is 0.447. The van der Waals surface area contributed by atoms with Crippen molar-refractivity contribution in [1.82, 2.24) is 9.80 Å². The third-order valence-electron chi connectivity index (χ3n) is 5.06. The molecule has 1 aliphatic heterocycles. The van der Waals surface area contributed by atoms with Crippen LogP contribution in [0.5, 0.6) is 5.75 Å². The number of rotatable bonds is 6. The maximum Gasteiger partial charge on any atom is 0.295 e. The summed E-state index contributed by atoms with van der Waals surface area (Å²) < 4.78 is 0. The summed E-state index contributed by atoms with van der Waals surface area (Å²) in [5, 5.41) is 20.9. The molecule has 0 radical (unpaired) electrons. The predicted octanol–water partition coefficient (Wildman–Crippen LogP) is 3.07. The van der Waals surface area contributed by atoms with Gasteiger partial charge in [-0.1, -0.05) is 42.0 Å². The van der Waals surface area contributed by atoms with E-state index in [4.69, 9.17) is 0 Å². The Labute approximate surface area is 170 Å². The zero-order chi connectivity index (χ0) is 21.1. The first-order valence-electron chi connectivity index (χ1n) is 9.58. The fourth-order valence-corrected chi connectivity index (χ4v) is 3.58. The Morgan fingerprint density at radius 2 is 1.79 bits per heavy atom. The molecule has 1 heterocycles. The fourth-order valence-electron chi connectivity index (χ4n) is 3.58. The molecule has 0 aliphatic carbocycles. The zero-order valence-electron chi connectivity index (χ0n) is 16.9. The Kier molecular flexibility index (Phi) is 6.03. The number of phenols is 1. The van der Waals surface area contributed by atoms with Gasteiger partial charge in [0.15, 0.2) is 0 Å². The largest absolute Gasteiger partial charge is 0.508 e. The Hall–Kier alpha value is -3.12. The Morgan fingerprint density at radius 1 is 1.10 bits per heavy atom. The minimum atomic E-state index is -0.745. The summed E-state index contributed by atoms with van der Waals surface area (Å²) in [7, 11) is 3.89. The molecule has 1 saturated heterocycles. The van der Waals surface area contributed by atoms with Gasteiger partial charge < -0.3 is 20.0 Å². The van der Waals surface area contributed by atoms with Crippen LogP contribution in [0.1, 0.15) is 29.2 Å². The highest BCUT2D eigenvalue weighted by molar-refractivity contribution is 6.46. The number of aryl methyl sites for hydroxylation is 1. The summed E-state index contributed by atoms with van der Waals surface area (Å²) in [6.07, 6.45) is 0.680. The van der Waals surface area contributed by atoms with E-state index in [0.29, 0.717) is 24.1 Å². The smallest absolute Gasteiger partial charge is 0.295 e. The average molecular weight is 394 g/mol. The van der Waals surface area contributed by atoms with Crippen molar-refractivity contribution >= 4 is 17.4 Å². The van der Waals surface area contributed by atoms with E-state index in [1.807, 2.05) is 38.1 Å². The van der Waals surface area contributed by atoms with E-state index in [2.05, 4.69) is 0 Å². The zero-order valence-corrected chi connectivity index (χ0v) is 16.9. The van der Waals surface area contributed by atoms with Gasteiger partial charge in [-0.05, 0) is 51.7 Å². The lowest BCUT2D eigenvalue weighted by Crippen LogP contribution is -2.32. The summed E-state index contributed by atoms with van der Waals surface area (Å²) in [4.78, 5) is 29.2. The third-order valence-corrected chi connectivity index (χ3v) is 5.06. The van der Waals surface area contributed by atoms with Crippen LogP contribution < -0.4 is 0 Å². The second-order valence-corrected chi connectivity index (χ2v) is 7.61. The highest BCUT2D eigenvalue weighted by Gasteiger charge is 2.45. The van der Waals surface area contributed by atoms with E-state index < -0.39 is 17.7 Å². The minimum absolute atomic E-state index is 0.0386. The molecule has 29 heavy (non-hydrogen) atoms. The lowest BCUT2D eigenvalue weighted by molar-refractivity contribution is -0.139. The van der Waals surface area contributed by atoms with Crippen LogP contribution in [0.3, 0.4) is 0 Å². The molecule has 0 saturated carbocycles. The van der Waals surface area contributed by atoms with E-state index in [9.17, 15) is 19.8 Å². The number of amides is 1. The van der Waals surface area contributed by atoms with Crippen LogP contribution in [0.15, 0.2) is 54.1 Å². The van der Waals surface area contributed by atoms with E-state index in [1.165, 1.54) is 17.0 Å². The van der Waals surface area contributed by atoms with Crippen molar-refractivity contribution < 1.29 is 19.8 Å². The van der Waals surface area contributed by atoms with Gasteiger partial charge in [0.25, 0.3) is 11.7 Å². The van der Waals surface area contributed by atoms with Crippen LogP contribution in [0.2, 0.25) is 0 Å². The molecule has 0 bridgehead atoms. The SMILES string of the molecule is Cc1ccc(/C(O)=C2/C(=O)C(=O)N(CCCN(C)C)C2c2cccc(O)c2)cc1. The number of hydrogen-bond acceptors (Lipinski definition) is 5. The van der Waals surface area contributed by atoms with Crippen LogP contribution in [-0.4, -0.2) is 58.9 Å². The first-order valence-corrected chi connectivity index (χ1v) is 9.58. The van der Waals surface area contributed by atoms with Gasteiger partial charge in [0, 0.05) is 12.1 Å². The number of nitrogens with zero attached hydrogens (tertiary/aromatic N) is 2. The maximum atomic E-state index is 12.9. The number of aliphatic hydroxyl groups is 1. The van der Waals surface area contributed by atoms with Gasteiger partial charge >= 0.3 is 0 Å². The molecule has 2 aromatic carbocycles. The number of Topliss-reactive ketones (excluding diaryl/α,β-unsaturated/α-hetero) is 1. The van der Waals surface area contributed by atoms with Gasteiger partial charge in [-0.3, -0.25) is 9.59 Å². The molecule has 0 aromatic heterocycles. The van der Waals surface area contributed by atoms with Crippen molar-refractivity contribution in [2.75, 3.05) is 27.2 Å². The highest BCUT2D eigenvalue weighted by atomic mass is 16.3. The van der Waals surface area contributed by atoms with Gasteiger partial charge in [-0.25, -0.2) is 0 Å². The van der Waals surface area contributed by atoms with Crippen LogP contribution in [0, 0.1) is 6.92 Å². The monoisotopic (exact) mass is 394 g/mol. The normalized spacial score (nSPS) is 18.6. The number of likely N-dealkylation sites (tertiary alicyclic amines) is 1. The van der Waals surface area contributed by atoms with Crippen LogP contribution >= 0.6 is 0 Å². The van der Waals surface area contributed by atoms with Gasteiger partial charge in [0.2, 0.25) is 0 Å². The number of phenolic OH excluding ortho intramolecular Hbond substituents is 1. The molecule has 1 unspecified atom stereocenters. The minimum Gasteiger partial charge on any atom is -0.508 e. The number of aromatic hydroxyl groups is 1. The van der Waals surface area contributed by atoms with Gasteiger partial charge in [-0.15, -0.1) is 0 Å². The van der Waals surface area contributed by atoms with E-state index in [-0.39, 0.29) is 17.1 Å². The second kappa shape index (κ2) is 8.49. The Balaban J connectivity index is 2.09. The summed E-state index contributed by atoms with van der Waals surface area (Å²) in [5.74, 6) is -1.50. The highest BCUT2D eigenvalue weighted by Crippen LogP contribution is 2.40. The molecule has 1 aliphatic rings. The van der Waals surface area contributed by atoms with Crippen molar-refractivity contribution in [3.63, 3.8) is 0 Å². The first-order chi connectivity index (χ1) is 13.8. The lowest BCUT2D eigenvalue weighted by Gasteiger charge is -2.26. The topological polar surface area (TPSA) is 81.1 Å². The number of aliphatic hydroxyl groups excluding tert-OH is 1. The second-order valence-electron chi connectivity index (χ2n) is 7.61. The van der Waals surface area contributed by atoms with Gasteiger partial charge in [-0.2, -0.15) is 0 Å². The summed E-state index contributed by atoms with van der Waals surface area (Å²) in [5.41, 5.74) is 2.14. The van der Waals surface area contributed by atoms with Crippen molar-refractivity contribution in [2.24, 2.45) is 0 Å². The number of benzene rings is 2. The van der Waals surface area contributed by atoms with Crippen molar-refractivity contribution in [1.29, 1.82) is 0 Å². The molecule has 3 rings (SSSR count). The van der Waals surface area contributed by atoms with Crippen LogP contribution in [-0.2, 0) is 9.59 Å². The lowest BCUT2D eigenvalue weighted by atomic mass is 9.95. The predicted molar refractivity (Wildman–Crippen MR) is 111 cm³/mol. The van der Waals surface area contributed by atoms with Crippen molar-refractivity contribution in [3.8, 4) is 5.75 Å². The first kappa shape index (κ1) is 20.6. The number of carbonyl (C=O) groups excluding carboxylic acids is 2. The molecule has 1 atom stereocenters. The summed E-state index contributed by atoms with van der Waals surface area (Å²) in [6.45, 7) is 3.06. The molecule has 0 spiro atoms. The Bertz CT molecular complexity index is 948. The molecule has 152 valence electrons. The maximum absolute atomic E-state index is 12.9. The van der Waals surface area contributed by atoms with E-state index in [0.717, 1.165) is 12.1 Å². The van der Waals surface area contributed by atoms with Gasteiger partial charge in [0.05, 0.1) is 11.6 Å². The number of hydrogen-bond donors (Lipinski definition) is 2. The van der Waals surface area contributed by atoms with Crippen molar-refractivity contribution in [2.45, 2.75) is 19.4 Å². The molecule has 2 aromatic rings. The molecule has 6 heteroatoms. The fraction of sp³-hybridized carbons (Fsp3) is 0.304. The molecule has 2 N–H and O–H groups in total. The standard InChI is InChI=1S/C23H26N2O4/c1-15-8-10-16(11-9-15)21(27)19-20(17-6-4-7-18(26)14-17)25(23(29)22(19)28)13-5-12-24(2)3/h4,6-11,14,20,26-27H,5,12-13H2,1-3H3/b21-19-. The Morgan fingerprint density at radius 3 is 2.41 bits per heavy atom. The van der Waals surface area contributed by atoms with Gasteiger partial charge in [0.1, 0.15) is 11.5 Å². The molecule has 6 nitrogen and oxygen atoms in total. The number of ketones is 1. The number of carbonyl (C=O) groups is 2. The van der Waals surface area contributed by atoms with Crippen LogP contribution in [0.25, 0.3) is 5.76 Å². The summed E-state index contributed by atoms with van der Waals surface area (Å²) >= 11 is 0. The van der Waals surface area contributed by atoms with E-state index >= 15 is 0 Å². The molecule has 1 amide bonds. The third kappa shape index (κ3) is 4.32. The van der Waals surface area contributed by atoms with Crippen LogP contribution in [0.4, 0.5) is 0 Å². The molecular formula is C23H26N2O4. The molecular weight excluding hydrogens is 368 g/mol. The van der Waals surface area contributed by atoms with E-state index in [1.54, 1.807) is 24.3 Å². The molecule has 1 fully saturated rings.